The van der Waals surface area contributed by atoms with Crippen LogP contribution in [0.2, 0.25) is 5.02 Å². The fraction of sp³-hybridized carbons (Fsp3) is 0.250. The first-order valence-electron chi connectivity index (χ1n) is 3.96. The minimum Gasteiger partial charge on any atom is -0.489 e. The summed E-state index contributed by atoms with van der Waals surface area (Å²) >= 11 is 5.81. The zero-order chi connectivity index (χ0) is 10.3. The van der Waals surface area contributed by atoms with E-state index in [4.69, 9.17) is 22.1 Å². The van der Waals surface area contributed by atoms with E-state index in [9.17, 15) is 10.1 Å². The summed E-state index contributed by atoms with van der Waals surface area (Å²) in [7, 11) is 0. The van der Waals surface area contributed by atoms with Crippen LogP contribution in [0.15, 0.2) is 12.1 Å². The lowest BCUT2D eigenvalue weighted by molar-refractivity contribution is -0.385. The molecule has 0 bridgehead atoms. The maximum atomic E-state index is 10.7. The molecule has 74 valence electrons. The molecule has 0 aromatic heterocycles. The maximum Gasteiger partial charge on any atom is 0.278 e. The Morgan fingerprint density at radius 1 is 1.64 bits per heavy atom. The summed E-state index contributed by atoms with van der Waals surface area (Å²) in [6, 6.07) is 2.32. The van der Waals surface area contributed by atoms with E-state index in [1.54, 1.807) is 0 Å². The predicted molar refractivity (Wildman–Crippen MR) is 50.5 cm³/mol. The van der Waals surface area contributed by atoms with Crippen molar-refractivity contribution in [3.05, 3.63) is 32.8 Å². The standard InChI is InChI=1S/C8H7ClN2O3/c9-4-1-2-6(11(12)13)7-5(10)3-14-8(4)7/h1-2,5H,3,10H2/t5-/m0/s1. The van der Waals surface area contributed by atoms with Crippen molar-refractivity contribution in [1.29, 1.82) is 0 Å². The van der Waals surface area contributed by atoms with E-state index >= 15 is 0 Å². The van der Waals surface area contributed by atoms with E-state index < -0.39 is 11.0 Å². The first-order valence-corrected chi connectivity index (χ1v) is 4.34. The molecule has 1 aromatic carbocycles. The summed E-state index contributed by atoms with van der Waals surface area (Å²) in [5.41, 5.74) is 6.02. The van der Waals surface area contributed by atoms with Gasteiger partial charge in [-0.05, 0) is 6.07 Å². The third kappa shape index (κ3) is 1.21. The van der Waals surface area contributed by atoms with E-state index in [2.05, 4.69) is 0 Å². The molecule has 2 N–H and O–H groups in total. The Labute approximate surface area is 84.6 Å². The molecule has 0 radical (unpaired) electrons. The van der Waals surface area contributed by atoms with Crippen LogP contribution in [0.3, 0.4) is 0 Å². The average Bonchev–Trinajstić information content (AvgIpc) is 2.50. The highest BCUT2D eigenvalue weighted by Crippen LogP contribution is 2.42. The van der Waals surface area contributed by atoms with Gasteiger partial charge in [-0.1, -0.05) is 11.6 Å². The van der Waals surface area contributed by atoms with Gasteiger partial charge in [0.2, 0.25) is 0 Å². The quantitative estimate of drug-likeness (QED) is 0.569. The van der Waals surface area contributed by atoms with Crippen molar-refractivity contribution >= 4 is 17.3 Å². The Morgan fingerprint density at radius 3 is 3.00 bits per heavy atom. The van der Waals surface area contributed by atoms with Gasteiger partial charge in [0, 0.05) is 6.07 Å². The molecule has 0 saturated heterocycles. The van der Waals surface area contributed by atoms with Crippen molar-refractivity contribution in [3.63, 3.8) is 0 Å². The number of halogens is 1. The molecular weight excluding hydrogens is 208 g/mol. The summed E-state index contributed by atoms with van der Waals surface area (Å²) in [5, 5.41) is 11.0. The number of fused-ring (bicyclic) bond motifs is 1. The van der Waals surface area contributed by atoms with Crippen molar-refractivity contribution in [1.82, 2.24) is 0 Å². The van der Waals surface area contributed by atoms with Gasteiger partial charge in [-0.15, -0.1) is 0 Å². The average molecular weight is 215 g/mol. The molecule has 14 heavy (non-hydrogen) atoms. The van der Waals surface area contributed by atoms with Crippen LogP contribution in [0.25, 0.3) is 0 Å². The second-order valence-electron chi connectivity index (χ2n) is 2.98. The molecular formula is C8H7ClN2O3. The van der Waals surface area contributed by atoms with Gasteiger partial charge in [0.25, 0.3) is 5.69 Å². The molecule has 6 heteroatoms. The molecule has 1 atom stereocenters. The molecule has 1 aromatic rings. The van der Waals surface area contributed by atoms with E-state index in [0.29, 0.717) is 16.3 Å². The Balaban J connectivity index is 2.66. The molecule has 0 fully saturated rings. The SMILES string of the molecule is N[C@H]1COc2c(Cl)ccc([N+](=O)[O-])c21. The normalized spacial score (nSPS) is 18.9. The van der Waals surface area contributed by atoms with Gasteiger partial charge < -0.3 is 10.5 Å². The summed E-state index contributed by atoms with van der Waals surface area (Å²) in [5.74, 6) is 0.341. The largest absolute Gasteiger partial charge is 0.489 e. The highest BCUT2D eigenvalue weighted by molar-refractivity contribution is 6.32. The van der Waals surface area contributed by atoms with Crippen molar-refractivity contribution in [2.45, 2.75) is 6.04 Å². The number of nitro benzene ring substituents is 1. The smallest absolute Gasteiger partial charge is 0.278 e. The summed E-state index contributed by atoms with van der Waals surface area (Å²) in [6.07, 6.45) is 0. The third-order valence-corrected chi connectivity index (χ3v) is 2.40. The van der Waals surface area contributed by atoms with Crippen LogP contribution in [0.5, 0.6) is 5.75 Å². The maximum absolute atomic E-state index is 10.7. The molecule has 1 heterocycles. The summed E-state index contributed by atoms with van der Waals surface area (Å²) in [4.78, 5) is 10.2. The summed E-state index contributed by atoms with van der Waals surface area (Å²) < 4.78 is 5.17. The Bertz CT molecular complexity index is 408. The lowest BCUT2D eigenvalue weighted by atomic mass is 10.1. The second-order valence-corrected chi connectivity index (χ2v) is 3.39. The first-order chi connectivity index (χ1) is 6.61. The highest BCUT2D eigenvalue weighted by Gasteiger charge is 2.31. The van der Waals surface area contributed by atoms with Crippen molar-refractivity contribution < 1.29 is 9.66 Å². The molecule has 0 spiro atoms. The van der Waals surface area contributed by atoms with E-state index in [-0.39, 0.29) is 12.3 Å². The minimum absolute atomic E-state index is 0.0330. The molecule has 0 saturated carbocycles. The molecule has 1 aliphatic rings. The van der Waals surface area contributed by atoms with Gasteiger partial charge in [0.05, 0.1) is 21.6 Å². The number of nitrogens with zero attached hydrogens (tertiary/aromatic N) is 1. The van der Waals surface area contributed by atoms with Gasteiger partial charge in [0.1, 0.15) is 12.4 Å². The lowest BCUT2D eigenvalue weighted by Crippen LogP contribution is -2.12. The Hall–Kier alpha value is -1.33. The van der Waals surface area contributed by atoms with Crippen molar-refractivity contribution in [2.75, 3.05) is 6.61 Å². The topological polar surface area (TPSA) is 78.4 Å². The molecule has 2 rings (SSSR count). The Morgan fingerprint density at radius 2 is 2.36 bits per heavy atom. The van der Waals surface area contributed by atoms with Crippen LogP contribution in [-0.2, 0) is 0 Å². The zero-order valence-electron chi connectivity index (χ0n) is 7.07. The van der Waals surface area contributed by atoms with E-state index in [0.717, 1.165) is 0 Å². The third-order valence-electron chi connectivity index (χ3n) is 2.10. The van der Waals surface area contributed by atoms with Crippen LogP contribution in [0, 0.1) is 10.1 Å². The van der Waals surface area contributed by atoms with E-state index in [1.807, 2.05) is 0 Å². The predicted octanol–water partition coefficient (Wildman–Crippen LogP) is 1.64. The van der Waals surface area contributed by atoms with Crippen LogP contribution in [0.4, 0.5) is 5.69 Å². The number of nitro groups is 1. The fourth-order valence-electron chi connectivity index (χ4n) is 1.48. The lowest BCUT2D eigenvalue weighted by Gasteiger charge is -2.03. The van der Waals surface area contributed by atoms with Crippen LogP contribution in [-0.4, -0.2) is 11.5 Å². The summed E-state index contributed by atoms with van der Waals surface area (Å²) in [6.45, 7) is 0.236. The van der Waals surface area contributed by atoms with Crippen LogP contribution in [0.1, 0.15) is 11.6 Å². The van der Waals surface area contributed by atoms with Gasteiger partial charge in [-0.25, -0.2) is 0 Å². The van der Waals surface area contributed by atoms with Crippen molar-refractivity contribution in [2.24, 2.45) is 5.73 Å². The van der Waals surface area contributed by atoms with Crippen molar-refractivity contribution in [3.8, 4) is 5.75 Å². The van der Waals surface area contributed by atoms with Crippen LogP contribution < -0.4 is 10.5 Å². The van der Waals surface area contributed by atoms with Gasteiger partial charge in [0.15, 0.2) is 0 Å². The number of benzene rings is 1. The Kier molecular flexibility index (Phi) is 2.05. The molecule has 0 amide bonds. The minimum atomic E-state index is -0.482. The van der Waals surface area contributed by atoms with Crippen LogP contribution >= 0.6 is 11.6 Å². The molecule has 0 unspecified atom stereocenters. The van der Waals surface area contributed by atoms with Gasteiger partial charge in [-0.2, -0.15) is 0 Å². The molecule has 5 nitrogen and oxygen atoms in total. The number of rotatable bonds is 1. The zero-order valence-corrected chi connectivity index (χ0v) is 7.82. The second kappa shape index (κ2) is 3.11. The van der Waals surface area contributed by atoms with E-state index in [1.165, 1.54) is 12.1 Å². The van der Waals surface area contributed by atoms with Gasteiger partial charge in [-0.3, -0.25) is 10.1 Å². The highest BCUT2D eigenvalue weighted by atomic mass is 35.5. The molecule has 0 aliphatic carbocycles. The number of hydrogen-bond donors (Lipinski definition) is 1. The molecule has 1 aliphatic heterocycles. The number of ether oxygens (including phenoxy) is 1. The fourth-order valence-corrected chi connectivity index (χ4v) is 1.70. The number of nitrogens with two attached hydrogens (primary N) is 1. The monoisotopic (exact) mass is 214 g/mol. The number of hydrogen-bond acceptors (Lipinski definition) is 4. The first kappa shape index (κ1) is 9.23. The van der Waals surface area contributed by atoms with Gasteiger partial charge >= 0.3 is 0 Å².